The molecule has 0 bridgehead atoms. The van der Waals surface area contributed by atoms with Gasteiger partial charge in [-0.3, -0.25) is 4.79 Å². The Morgan fingerprint density at radius 3 is 2.42 bits per heavy atom. The van der Waals surface area contributed by atoms with Crippen LogP contribution in [-0.2, 0) is 4.79 Å². The molecule has 1 N–H and O–H groups in total. The summed E-state index contributed by atoms with van der Waals surface area (Å²) in [7, 11) is 0. The van der Waals surface area contributed by atoms with Crippen LogP contribution in [0.3, 0.4) is 0 Å². The molecule has 3 rings (SSSR count). The van der Waals surface area contributed by atoms with Crippen molar-refractivity contribution in [3.8, 4) is 21.0 Å². The molecule has 0 radical (unpaired) electrons. The van der Waals surface area contributed by atoms with E-state index in [2.05, 4.69) is 12.1 Å². The van der Waals surface area contributed by atoms with Gasteiger partial charge in [-0.15, -0.1) is 23.1 Å². The molecule has 3 nitrogen and oxygen atoms in total. The number of rotatable bonds is 5. The molecule has 26 heavy (non-hydrogen) atoms. The predicted octanol–water partition coefficient (Wildman–Crippen LogP) is 6.05. The fraction of sp³-hybridized carbons (Fsp3) is 0.238. The first-order chi connectivity index (χ1) is 12.3. The number of nitrogens with zero attached hydrogens (tertiary/aromatic N) is 1. The highest BCUT2D eigenvalue weighted by Crippen LogP contribution is 2.39. The van der Waals surface area contributed by atoms with Crippen LogP contribution in [0.2, 0.25) is 0 Å². The Bertz CT molecular complexity index is 946. The van der Waals surface area contributed by atoms with E-state index in [1.807, 2.05) is 50.2 Å². The molecule has 3 aromatic rings. The smallest absolute Gasteiger partial charge is 0.319 e. The molecule has 134 valence electrons. The maximum atomic E-state index is 11.3. The highest BCUT2D eigenvalue weighted by atomic mass is 32.2. The molecule has 2 aromatic carbocycles. The van der Waals surface area contributed by atoms with Crippen molar-refractivity contribution in [2.75, 3.05) is 0 Å². The summed E-state index contributed by atoms with van der Waals surface area (Å²) in [6, 6.07) is 16.4. The third kappa shape index (κ3) is 3.84. The molecule has 0 saturated heterocycles. The van der Waals surface area contributed by atoms with Gasteiger partial charge in [0, 0.05) is 10.5 Å². The molecule has 0 aliphatic carbocycles. The first-order valence-corrected chi connectivity index (χ1v) is 9.97. The summed E-state index contributed by atoms with van der Waals surface area (Å²) < 4.78 is -0.855. The van der Waals surface area contributed by atoms with Crippen molar-refractivity contribution < 1.29 is 9.90 Å². The minimum Gasteiger partial charge on any atom is -0.480 e. The van der Waals surface area contributed by atoms with Crippen LogP contribution in [0.1, 0.15) is 25.1 Å². The fourth-order valence-electron chi connectivity index (χ4n) is 2.65. The first-order valence-electron chi connectivity index (χ1n) is 8.34. The van der Waals surface area contributed by atoms with Gasteiger partial charge in [-0.25, -0.2) is 4.98 Å². The Labute approximate surface area is 162 Å². The molecule has 0 amide bonds. The van der Waals surface area contributed by atoms with Gasteiger partial charge in [-0.1, -0.05) is 36.4 Å². The van der Waals surface area contributed by atoms with Crippen molar-refractivity contribution in [2.45, 2.75) is 37.3 Å². The molecule has 0 aliphatic rings. The second-order valence-electron chi connectivity index (χ2n) is 6.69. The average Bonchev–Trinajstić information content (AvgIpc) is 2.97. The molecule has 0 saturated carbocycles. The quantitative estimate of drug-likeness (QED) is 0.545. The zero-order valence-corrected chi connectivity index (χ0v) is 16.9. The Morgan fingerprint density at radius 2 is 1.81 bits per heavy atom. The second kappa shape index (κ2) is 7.25. The maximum Gasteiger partial charge on any atom is 0.319 e. The van der Waals surface area contributed by atoms with E-state index in [0.717, 1.165) is 26.7 Å². The monoisotopic (exact) mass is 383 g/mol. The summed E-state index contributed by atoms with van der Waals surface area (Å²) in [5, 5.41) is 10.3. The van der Waals surface area contributed by atoms with E-state index in [9.17, 15) is 9.90 Å². The van der Waals surface area contributed by atoms with E-state index in [0.29, 0.717) is 0 Å². The van der Waals surface area contributed by atoms with Gasteiger partial charge in [0.15, 0.2) is 0 Å². The van der Waals surface area contributed by atoms with Gasteiger partial charge in [0.2, 0.25) is 0 Å². The minimum absolute atomic E-state index is 0.813. The predicted molar refractivity (Wildman–Crippen MR) is 110 cm³/mol. The van der Waals surface area contributed by atoms with E-state index in [1.165, 1.54) is 22.2 Å². The van der Waals surface area contributed by atoms with Crippen molar-refractivity contribution in [1.82, 2.24) is 4.98 Å². The Kier molecular flexibility index (Phi) is 5.21. The molecule has 5 heteroatoms. The molecule has 1 aromatic heterocycles. The Balaban J connectivity index is 1.93. The number of carboxylic acid groups (broad SMARTS) is 1. The van der Waals surface area contributed by atoms with Crippen LogP contribution in [0.15, 0.2) is 53.4 Å². The number of thioether (sulfide) groups is 1. The number of thiazole rings is 1. The molecular formula is C21H21NO2S2. The van der Waals surface area contributed by atoms with Gasteiger partial charge in [-0.05, 0) is 51.0 Å². The van der Waals surface area contributed by atoms with E-state index >= 15 is 0 Å². The van der Waals surface area contributed by atoms with Crippen molar-refractivity contribution in [3.63, 3.8) is 0 Å². The highest BCUT2D eigenvalue weighted by Gasteiger charge is 2.28. The molecule has 0 atom stereocenters. The van der Waals surface area contributed by atoms with Gasteiger partial charge in [-0.2, -0.15) is 0 Å². The van der Waals surface area contributed by atoms with Crippen LogP contribution in [0.25, 0.3) is 21.0 Å². The Hall–Kier alpha value is -2.11. The van der Waals surface area contributed by atoms with Gasteiger partial charge < -0.3 is 5.11 Å². The second-order valence-corrected chi connectivity index (χ2v) is 9.39. The van der Waals surface area contributed by atoms with Gasteiger partial charge in [0.25, 0.3) is 0 Å². The van der Waals surface area contributed by atoms with E-state index in [4.69, 9.17) is 4.98 Å². The minimum atomic E-state index is -0.855. The lowest BCUT2D eigenvalue weighted by atomic mass is 10.1. The lowest BCUT2D eigenvalue weighted by molar-refractivity contribution is -0.138. The summed E-state index contributed by atoms with van der Waals surface area (Å²) in [6.07, 6.45) is 0. The zero-order valence-electron chi connectivity index (χ0n) is 15.2. The molecule has 0 unspecified atom stereocenters. The third-order valence-corrected chi connectivity index (χ3v) is 6.56. The van der Waals surface area contributed by atoms with Crippen molar-refractivity contribution >= 4 is 29.1 Å². The molecule has 0 spiro atoms. The summed E-state index contributed by atoms with van der Waals surface area (Å²) in [5.41, 5.74) is 4.41. The maximum absolute atomic E-state index is 11.3. The standard InChI is InChI=1S/C21H21NO2S2/c1-13-12-16(26-21(3,4)20(23)24)10-11-17(13)19-22-14(2)18(25-19)15-8-6-5-7-9-15/h5-12H,1-4H3,(H,23,24). The number of benzene rings is 2. The summed E-state index contributed by atoms with van der Waals surface area (Å²) in [4.78, 5) is 18.3. The molecule has 0 fully saturated rings. The normalized spacial score (nSPS) is 11.5. The lowest BCUT2D eigenvalue weighted by Gasteiger charge is -2.19. The Morgan fingerprint density at radius 1 is 1.12 bits per heavy atom. The number of hydrogen-bond acceptors (Lipinski definition) is 4. The van der Waals surface area contributed by atoms with Crippen LogP contribution in [0.4, 0.5) is 0 Å². The number of carbonyl (C=O) groups is 1. The number of aliphatic carboxylic acids is 1. The molecule has 1 heterocycles. The van der Waals surface area contributed by atoms with Crippen molar-refractivity contribution in [2.24, 2.45) is 0 Å². The number of aryl methyl sites for hydroxylation is 2. The number of carboxylic acids is 1. The van der Waals surface area contributed by atoms with Crippen LogP contribution in [0, 0.1) is 13.8 Å². The fourth-order valence-corrected chi connectivity index (χ4v) is 4.86. The van der Waals surface area contributed by atoms with Crippen LogP contribution in [-0.4, -0.2) is 20.8 Å². The van der Waals surface area contributed by atoms with E-state index < -0.39 is 10.7 Å². The largest absolute Gasteiger partial charge is 0.480 e. The van der Waals surface area contributed by atoms with Gasteiger partial charge in [0.05, 0.1) is 10.6 Å². The molecular weight excluding hydrogens is 362 g/mol. The van der Waals surface area contributed by atoms with E-state index in [-0.39, 0.29) is 0 Å². The van der Waals surface area contributed by atoms with Crippen LogP contribution in [0.5, 0.6) is 0 Å². The summed E-state index contributed by atoms with van der Waals surface area (Å²) in [6.45, 7) is 7.53. The van der Waals surface area contributed by atoms with Crippen LogP contribution < -0.4 is 0 Å². The van der Waals surface area contributed by atoms with Gasteiger partial charge in [0.1, 0.15) is 9.75 Å². The topological polar surface area (TPSA) is 50.2 Å². The summed E-state index contributed by atoms with van der Waals surface area (Å²) >= 11 is 3.05. The van der Waals surface area contributed by atoms with Crippen molar-refractivity contribution in [3.05, 3.63) is 59.8 Å². The average molecular weight is 384 g/mol. The van der Waals surface area contributed by atoms with Crippen LogP contribution >= 0.6 is 23.1 Å². The molecule has 0 aliphatic heterocycles. The summed E-state index contributed by atoms with van der Waals surface area (Å²) in [5.74, 6) is -0.813. The highest BCUT2D eigenvalue weighted by molar-refractivity contribution is 8.01. The van der Waals surface area contributed by atoms with E-state index in [1.54, 1.807) is 25.2 Å². The lowest BCUT2D eigenvalue weighted by Crippen LogP contribution is -2.26. The first kappa shape index (κ1) is 18.7. The third-order valence-electron chi connectivity index (χ3n) is 4.15. The number of hydrogen-bond donors (Lipinski definition) is 1. The van der Waals surface area contributed by atoms with Gasteiger partial charge >= 0.3 is 5.97 Å². The zero-order chi connectivity index (χ0) is 18.9. The van der Waals surface area contributed by atoms with Crippen molar-refractivity contribution in [1.29, 1.82) is 0 Å². The number of aromatic nitrogens is 1. The SMILES string of the molecule is Cc1cc(SC(C)(C)C(=O)O)ccc1-c1nc(C)c(-c2ccccc2)s1.